The van der Waals surface area contributed by atoms with Gasteiger partial charge in [-0.05, 0) is 36.6 Å². The number of benzene rings is 1. The molecule has 18 heavy (non-hydrogen) atoms. The molecule has 0 aliphatic heterocycles. The minimum absolute atomic E-state index is 0.0108. The van der Waals surface area contributed by atoms with E-state index in [0.717, 1.165) is 12.1 Å². The molecule has 4 heteroatoms. The molecule has 0 aliphatic rings. The van der Waals surface area contributed by atoms with Gasteiger partial charge in [-0.2, -0.15) is 0 Å². The number of halogens is 1. The van der Waals surface area contributed by atoms with Crippen LogP contribution in [0.15, 0.2) is 42.6 Å². The number of pyridine rings is 1. The Balaban J connectivity index is 2.20. The molecule has 2 aromatic rings. The molecular weight excluding hydrogens is 246 g/mol. The van der Waals surface area contributed by atoms with Crippen molar-refractivity contribution in [2.24, 2.45) is 5.84 Å². The molecule has 0 aliphatic carbocycles. The maximum absolute atomic E-state index is 5.83. The highest BCUT2D eigenvalue weighted by atomic mass is 35.5. The molecule has 0 amide bonds. The Morgan fingerprint density at radius 2 is 2.06 bits per heavy atom. The van der Waals surface area contributed by atoms with Crippen molar-refractivity contribution in [2.45, 2.75) is 19.4 Å². The maximum atomic E-state index is 5.83. The van der Waals surface area contributed by atoms with Crippen LogP contribution in [-0.4, -0.2) is 4.98 Å². The van der Waals surface area contributed by atoms with Crippen LogP contribution in [0.25, 0.3) is 0 Å². The summed E-state index contributed by atoms with van der Waals surface area (Å²) in [5, 5.41) is 0.630. The normalized spacial score (nSPS) is 12.4. The average molecular weight is 262 g/mol. The van der Waals surface area contributed by atoms with Crippen LogP contribution >= 0.6 is 11.6 Å². The van der Waals surface area contributed by atoms with Crippen LogP contribution in [0, 0.1) is 6.92 Å². The van der Waals surface area contributed by atoms with Crippen LogP contribution in [0.3, 0.4) is 0 Å². The molecule has 1 heterocycles. The molecule has 1 aromatic heterocycles. The van der Waals surface area contributed by atoms with Crippen molar-refractivity contribution in [1.82, 2.24) is 10.4 Å². The molecule has 3 nitrogen and oxygen atoms in total. The highest BCUT2D eigenvalue weighted by molar-refractivity contribution is 6.30. The van der Waals surface area contributed by atoms with Gasteiger partial charge in [0, 0.05) is 6.20 Å². The smallest absolute Gasteiger partial charge is 0.0672 e. The van der Waals surface area contributed by atoms with Gasteiger partial charge in [0.1, 0.15) is 0 Å². The Labute approximate surface area is 112 Å². The third-order valence-corrected chi connectivity index (χ3v) is 3.22. The van der Waals surface area contributed by atoms with Gasteiger partial charge in [-0.25, -0.2) is 0 Å². The summed E-state index contributed by atoms with van der Waals surface area (Å²) in [6.07, 6.45) is 2.44. The Morgan fingerprint density at radius 1 is 1.28 bits per heavy atom. The van der Waals surface area contributed by atoms with Gasteiger partial charge in [0.15, 0.2) is 0 Å². The van der Waals surface area contributed by atoms with Crippen LogP contribution in [0.5, 0.6) is 0 Å². The summed E-state index contributed by atoms with van der Waals surface area (Å²) >= 11 is 5.83. The van der Waals surface area contributed by atoms with Gasteiger partial charge in [-0.1, -0.05) is 35.9 Å². The first-order valence-electron chi connectivity index (χ1n) is 5.83. The van der Waals surface area contributed by atoms with E-state index in [1.54, 1.807) is 6.20 Å². The molecule has 1 aromatic carbocycles. The van der Waals surface area contributed by atoms with Crippen LogP contribution in [0.1, 0.15) is 22.9 Å². The van der Waals surface area contributed by atoms with Gasteiger partial charge < -0.3 is 0 Å². The summed E-state index contributed by atoms with van der Waals surface area (Å²) in [7, 11) is 0. The van der Waals surface area contributed by atoms with Crippen LogP contribution < -0.4 is 11.3 Å². The zero-order chi connectivity index (χ0) is 13.0. The first-order valence-corrected chi connectivity index (χ1v) is 6.20. The molecule has 0 bridgehead atoms. The lowest BCUT2D eigenvalue weighted by atomic mass is 9.99. The first-order chi connectivity index (χ1) is 8.70. The van der Waals surface area contributed by atoms with Crippen molar-refractivity contribution < 1.29 is 0 Å². The number of aromatic nitrogens is 1. The second-order valence-electron chi connectivity index (χ2n) is 4.25. The second kappa shape index (κ2) is 5.96. The molecule has 0 radical (unpaired) electrons. The number of aryl methyl sites for hydroxylation is 1. The number of nitrogens with two attached hydrogens (primary N) is 1. The number of hydrazine groups is 1. The molecule has 2 rings (SSSR count). The summed E-state index contributed by atoms with van der Waals surface area (Å²) < 4.78 is 0. The van der Waals surface area contributed by atoms with E-state index in [0.29, 0.717) is 5.02 Å². The van der Waals surface area contributed by atoms with E-state index in [1.165, 1.54) is 11.1 Å². The van der Waals surface area contributed by atoms with Gasteiger partial charge in [-0.15, -0.1) is 0 Å². The third-order valence-electron chi connectivity index (χ3n) is 2.99. The van der Waals surface area contributed by atoms with Crippen molar-refractivity contribution in [3.63, 3.8) is 0 Å². The van der Waals surface area contributed by atoms with E-state index >= 15 is 0 Å². The predicted octanol–water partition coefficient (Wildman–Crippen LogP) is 2.79. The van der Waals surface area contributed by atoms with E-state index in [1.807, 2.05) is 24.3 Å². The topological polar surface area (TPSA) is 50.9 Å². The summed E-state index contributed by atoms with van der Waals surface area (Å²) in [5.74, 6) is 5.62. The number of nitrogens with zero attached hydrogens (tertiary/aromatic N) is 1. The van der Waals surface area contributed by atoms with Gasteiger partial charge in [0.2, 0.25) is 0 Å². The predicted molar refractivity (Wildman–Crippen MR) is 74.2 cm³/mol. The molecule has 3 N–H and O–H groups in total. The van der Waals surface area contributed by atoms with Gasteiger partial charge >= 0.3 is 0 Å². The molecule has 1 atom stereocenters. The summed E-state index contributed by atoms with van der Waals surface area (Å²) in [6.45, 7) is 2.10. The fourth-order valence-corrected chi connectivity index (χ4v) is 2.01. The lowest BCUT2D eigenvalue weighted by Crippen LogP contribution is -2.30. The Hall–Kier alpha value is -1.42. The van der Waals surface area contributed by atoms with Crippen LogP contribution in [0.4, 0.5) is 0 Å². The van der Waals surface area contributed by atoms with Crippen LogP contribution in [-0.2, 0) is 6.42 Å². The van der Waals surface area contributed by atoms with Crippen LogP contribution in [0.2, 0.25) is 5.02 Å². The molecule has 0 saturated heterocycles. The first kappa shape index (κ1) is 13.0. The van der Waals surface area contributed by atoms with Crippen molar-refractivity contribution in [2.75, 3.05) is 0 Å². The number of rotatable bonds is 4. The zero-order valence-corrected chi connectivity index (χ0v) is 11.0. The second-order valence-corrected chi connectivity index (χ2v) is 4.69. The Kier molecular flexibility index (Phi) is 4.31. The van der Waals surface area contributed by atoms with Gasteiger partial charge in [-0.3, -0.25) is 16.3 Å². The van der Waals surface area contributed by atoms with E-state index in [2.05, 4.69) is 29.5 Å². The van der Waals surface area contributed by atoms with Crippen molar-refractivity contribution in [1.29, 1.82) is 0 Å². The fraction of sp³-hybridized carbons (Fsp3) is 0.214. The number of nitrogens with one attached hydrogen (secondary N) is 1. The highest BCUT2D eigenvalue weighted by Crippen LogP contribution is 2.19. The number of hydrogen-bond acceptors (Lipinski definition) is 3. The average Bonchev–Trinajstić information content (AvgIpc) is 2.39. The fourth-order valence-electron chi connectivity index (χ4n) is 1.90. The highest BCUT2D eigenvalue weighted by Gasteiger charge is 2.12. The van der Waals surface area contributed by atoms with Gasteiger partial charge in [0.25, 0.3) is 0 Å². The van der Waals surface area contributed by atoms with E-state index < -0.39 is 0 Å². The summed E-state index contributed by atoms with van der Waals surface area (Å²) in [6, 6.07) is 12.0. The molecule has 0 spiro atoms. The van der Waals surface area contributed by atoms with E-state index in [4.69, 9.17) is 17.4 Å². The Morgan fingerprint density at radius 3 is 2.67 bits per heavy atom. The van der Waals surface area contributed by atoms with Crippen molar-refractivity contribution >= 4 is 11.6 Å². The van der Waals surface area contributed by atoms with E-state index in [-0.39, 0.29) is 6.04 Å². The molecule has 0 fully saturated rings. The number of hydrogen-bond donors (Lipinski definition) is 2. The van der Waals surface area contributed by atoms with Gasteiger partial charge in [0.05, 0.1) is 16.8 Å². The minimum atomic E-state index is -0.0108. The molecule has 0 saturated carbocycles. The standard InChI is InChI=1S/C14H16ClN3/c1-10-4-2-3-5-11(10)8-14(18-16)13-7-6-12(15)9-17-13/h2-7,9,14,18H,8,16H2,1H3. The SMILES string of the molecule is Cc1ccccc1CC(NN)c1ccc(Cl)cn1. The summed E-state index contributed by atoms with van der Waals surface area (Å²) in [4.78, 5) is 4.30. The molecule has 94 valence electrons. The third kappa shape index (κ3) is 3.07. The molecule has 1 unspecified atom stereocenters. The lowest BCUT2D eigenvalue weighted by Gasteiger charge is -2.16. The summed E-state index contributed by atoms with van der Waals surface area (Å²) in [5.41, 5.74) is 6.22. The van der Waals surface area contributed by atoms with Crippen molar-refractivity contribution in [3.05, 3.63) is 64.4 Å². The minimum Gasteiger partial charge on any atom is -0.271 e. The van der Waals surface area contributed by atoms with E-state index in [9.17, 15) is 0 Å². The quantitative estimate of drug-likeness (QED) is 0.657. The largest absolute Gasteiger partial charge is 0.271 e. The monoisotopic (exact) mass is 261 g/mol. The molecular formula is C14H16ClN3. The lowest BCUT2D eigenvalue weighted by molar-refractivity contribution is 0.537. The maximum Gasteiger partial charge on any atom is 0.0672 e. The zero-order valence-electron chi connectivity index (χ0n) is 10.2. The van der Waals surface area contributed by atoms with Crippen molar-refractivity contribution in [3.8, 4) is 0 Å². The Bertz CT molecular complexity index is 511.